The maximum atomic E-state index is 11.4. The molecule has 22 heavy (non-hydrogen) atoms. The lowest BCUT2D eigenvalue weighted by Crippen LogP contribution is -2.52. The summed E-state index contributed by atoms with van der Waals surface area (Å²) >= 11 is 5.75. The van der Waals surface area contributed by atoms with Crippen LogP contribution in [0.25, 0.3) is 0 Å². The summed E-state index contributed by atoms with van der Waals surface area (Å²) in [5.74, 6) is 1.04. The Morgan fingerprint density at radius 3 is 2.77 bits per heavy atom. The number of pyridine rings is 1. The van der Waals surface area contributed by atoms with Crippen LogP contribution in [0.15, 0.2) is 18.3 Å². The van der Waals surface area contributed by atoms with Gasteiger partial charge in [0.1, 0.15) is 10.9 Å². The van der Waals surface area contributed by atoms with Crippen molar-refractivity contribution in [3.63, 3.8) is 0 Å². The molecule has 1 fully saturated rings. The molecule has 1 aliphatic rings. The molecule has 1 N–H and O–H groups in total. The average Bonchev–Trinajstić information content (AvgIpc) is 2.45. The molecule has 0 aromatic carbocycles. The van der Waals surface area contributed by atoms with Crippen molar-refractivity contribution >= 4 is 17.7 Å². The Morgan fingerprint density at radius 2 is 2.23 bits per heavy atom. The molecule has 6 heteroatoms. The molecule has 0 saturated carbocycles. The number of hydrogen-bond acceptors (Lipinski definition) is 3. The zero-order valence-corrected chi connectivity index (χ0v) is 14.0. The Balaban J connectivity index is 1.96. The Bertz CT molecular complexity index is 513. The normalized spacial score (nSPS) is 22.5. The zero-order chi connectivity index (χ0) is 16.3. The highest BCUT2D eigenvalue weighted by Crippen LogP contribution is 2.34. The second kappa shape index (κ2) is 6.73. The van der Waals surface area contributed by atoms with E-state index in [4.69, 9.17) is 16.3 Å². The highest BCUT2D eigenvalue weighted by Gasteiger charge is 2.38. The highest BCUT2D eigenvalue weighted by molar-refractivity contribution is 6.29. The molecule has 2 heterocycles. The lowest BCUT2D eigenvalue weighted by Gasteiger charge is -2.44. The Labute approximate surface area is 136 Å². The van der Waals surface area contributed by atoms with Crippen molar-refractivity contribution in [2.75, 3.05) is 13.2 Å². The van der Waals surface area contributed by atoms with Crippen molar-refractivity contribution in [3.05, 3.63) is 23.5 Å². The van der Waals surface area contributed by atoms with E-state index in [1.807, 2.05) is 0 Å². The molecule has 1 aromatic heterocycles. The van der Waals surface area contributed by atoms with E-state index in [1.54, 1.807) is 23.2 Å². The number of carbonyl (C=O) groups is 1. The molecule has 1 amide bonds. The van der Waals surface area contributed by atoms with Crippen LogP contribution in [-0.4, -0.2) is 40.3 Å². The molecule has 2 unspecified atom stereocenters. The van der Waals surface area contributed by atoms with Crippen molar-refractivity contribution in [2.45, 2.75) is 39.7 Å². The number of carboxylic acid groups (broad SMARTS) is 1. The molecule has 1 aromatic rings. The second-order valence-electron chi connectivity index (χ2n) is 6.88. The number of hydrogen-bond donors (Lipinski definition) is 1. The lowest BCUT2D eigenvalue weighted by atomic mass is 9.77. The standard InChI is InChI=1S/C16H23ClN2O3/c1-16(2,3)13-8-11(6-7-19(13)15(20)21)10-22-12-4-5-14(17)18-9-12/h4-5,9,11,13H,6-8,10H2,1-3H3,(H,20,21). The minimum atomic E-state index is -0.832. The van der Waals surface area contributed by atoms with E-state index in [9.17, 15) is 9.90 Å². The lowest BCUT2D eigenvalue weighted by molar-refractivity contribution is 0.0302. The number of piperidine rings is 1. The topological polar surface area (TPSA) is 62.7 Å². The number of likely N-dealkylation sites (tertiary alicyclic amines) is 1. The molecule has 2 atom stereocenters. The molecule has 0 bridgehead atoms. The number of ether oxygens (including phenoxy) is 1. The van der Waals surface area contributed by atoms with E-state index in [-0.39, 0.29) is 11.5 Å². The first-order chi connectivity index (χ1) is 10.3. The Kier molecular flexibility index (Phi) is 5.16. The van der Waals surface area contributed by atoms with Crippen LogP contribution < -0.4 is 4.74 Å². The first-order valence-corrected chi connectivity index (χ1v) is 7.89. The Hall–Kier alpha value is -1.49. The van der Waals surface area contributed by atoms with Gasteiger partial charge in [-0.1, -0.05) is 32.4 Å². The van der Waals surface area contributed by atoms with Gasteiger partial charge in [-0.15, -0.1) is 0 Å². The molecule has 1 saturated heterocycles. The van der Waals surface area contributed by atoms with Crippen LogP contribution in [0.2, 0.25) is 5.15 Å². The van der Waals surface area contributed by atoms with E-state index in [0.717, 1.165) is 12.8 Å². The van der Waals surface area contributed by atoms with Gasteiger partial charge in [-0.25, -0.2) is 9.78 Å². The number of aromatic nitrogens is 1. The van der Waals surface area contributed by atoms with Gasteiger partial charge < -0.3 is 14.7 Å². The van der Waals surface area contributed by atoms with Crippen molar-refractivity contribution in [1.82, 2.24) is 9.88 Å². The minimum absolute atomic E-state index is 0.00990. The van der Waals surface area contributed by atoms with Crippen molar-refractivity contribution in [2.24, 2.45) is 11.3 Å². The van der Waals surface area contributed by atoms with Crippen LogP contribution >= 0.6 is 11.6 Å². The van der Waals surface area contributed by atoms with Gasteiger partial charge in [-0.3, -0.25) is 0 Å². The third-order valence-electron chi connectivity index (χ3n) is 4.14. The first-order valence-electron chi connectivity index (χ1n) is 7.51. The number of halogens is 1. The third kappa shape index (κ3) is 4.26. The van der Waals surface area contributed by atoms with E-state index < -0.39 is 6.09 Å². The fourth-order valence-electron chi connectivity index (χ4n) is 2.90. The fraction of sp³-hybridized carbons (Fsp3) is 0.625. The maximum Gasteiger partial charge on any atom is 0.407 e. The largest absolute Gasteiger partial charge is 0.492 e. The van der Waals surface area contributed by atoms with Gasteiger partial charge in [-0.05, 0) is 36.3 Å². The van der Waals surface area contributed by atoms with Gasteiger partial charge >= 0.3 is 6.09 Å². The predicted molar refractivity (Wildman–Crippen MR) is 85.4 cm³/mol. The van der Waals surface area contributed by atoms with Gasteiger partial charge in [0, 0.05) is 12.6 Å². The van der Waals surface area contributed by atoms with Crippen LogP contribution in [0.4, 0.5) is 4.79 Å². The summed E-state index contributed by atoms with van der Waals surface area (Å²) in [5, 5.41) is 9.81. The van der Waals surface area contributed by atoms with Crippen LogP contribution in [0.3, 0.4) is 0 Å². The molecular weight excluding hydrogens is 304 g/mol. The van der Waals surface area contributed by atoms with E-state index in [2.05, 4.69) is 25.8 Å². The summed E-state index contributed by atoms with van der Waals surface area (Å²) in [5.41, 5.74) is -0.0844. The third-order valence-corrected chi connectivity index (χ3v) is 4.37. The summed E-state index contributed by atoms with van der Waals surface area (Å²) in [7, 11) is 0. The van der Waals surface area contributed by atoms with Crippen molar-refractivity contribution < 1.29 is 14.6 Å². The van der Waals surface area contributed by atoms with Crippen LogP contribution in [0.5, 0.6) is 5.75 Å². The monoisotopic (exact) mass is 326 g/mol. The summed E-state index contributed by atoms with van der Waals surface area (Å²) in [4.78, 5) is 17.0. The van der Waals surface area contributed by atoms with E-state index in [1.165, 1.54) is 0 Å². The molecule has 0 aliphatic carbocycles. The van der Waals surface area contributed by atoms with Crippen molar-refractivity contribution in [3.8, 4) is 5.75 Å². The second-order valence-corrected chi connectivity index (χ2v) is 7.26. The number of rotatable bonds is 3. The number of amides is 1. The van der Waals surface area contributed by atoms with Gasteiger partial charge in [0.2, 0.25) is 0 Å². The summed E-state index contributed by atoms with van der Waals surface area (Å²) in [6.07, 6.45) is 2.41. The van der Waals surface area contributed by atoms with Crippen molar-refractivity contribution in [1.29, 1.82) is 0 Å². The Morgan fingerprint density at radius 1 is 1.50 bits per heavy atom. The molecule has 1 aliphatic heterocycles. The van der Waals surface area contributed by atoms with E-state index in [0.29, 0.717) is 30.0 Å². The minimum Gasteiger partial charge on any atom is -0.492 e. The SMILES string of the molecule is CC(C)(C)C1CC(COc2ccc(Cl)nc2)CCN1C(=O)O. The highest BCUT2D eigenvalue weighted by atomic mass is 35.5. The summed E-state index contributed by atoms with van der Waals surface area (Å²) in [6, 6.07) is 3.50. The summed E-state index contributed by atoms with van der Waals surface area (Å²) < 4.78 is 5.77. The average molecular weight is 327 g/mol. The van der Waals surface area contributed by atoms with Gasteiger partial charge in [0.15, 0.2) is 0 Å². The molecular formula is C16H23ClN2O3. The molecule has 0 radical (unpaired) electrons. The quantitative estimate of drug-likeness (QED) is 0.855. The zero-order valence-electron chi connectivity index (χ0n) is 13.3. The maximum absolute atomic E-state index is 11.4. The molecule has 2 rings (SSSR count). The summed E-state index contributed by atoms with van der Waals surface area (Å²) in [6.45, 7) is 7.38. The van der Waals surface area contributed by atoms with Gasteiger partial charge in [-0.2, -0.15) is 0 Å². The molecule has 122 valence electrons. The molecule has 5 nitrogen and oxygen atoms in total. The smallest absolute Gasteiger partial charge is 0.407 e. The van der Waals surface area contributed by atoms with Gasteiger partial charge in [0.05, 0.1) is 12.8 Å². The van der Waals surface area contributed by atoms with Crippen LogP contribution in [-0.2, 0) is 0 Å². The first kappa shape index (κ1) is 16.9. The van der Waals surface area contributed by atoms with Crippen LogP contribution in [0.1, 0.15) is 33.6 Å². The van der Waals surface area contributed by atoms with Crippen LogP contribution in [0, 0.1) is 11.3 Å². The molecule has 0 spiro atoms. The fourth-order valence-corrected chi connectivity index (χ4v) is 3.01. The predicted octanol–water partition coefficient (Wildman–Crippen LogP) is 3.92. The van der Waals surface area contributed by atoms with Gasteiger partial charge in [0.25, 0.3) is 0 Å². The van der Waals surface area contributed by atoms with E-state index >= 15 is 0 Å². The number of nitrogens with zero attached hydrogens (tertiary/aromatic N) is 2.